The average molecular weight is 284 g/mol. The van der Waals surface area contributed by atoms with Crippen LogP contribution in [0.25, 0.3) is 0 Å². The highest BCUT2D eigenvalue weighted by atomic mass is 32.2. The van der Waals surface area contributed by atoms with Crippen molar-refractivity contribution in [3.05, 3.63) is 6.33 Å². The summed E-state index contributed by atoms with van der Waals surface area (Å²) >= 11 is 0. The molecule has 1 fully saturated rings. The van der Waals surface area contributed by atoms with Gasteiger partial charge in [-0.1, -0.05) is 0 Å². The number of hydrogen-bond donors (Lipinski definition) is 2. The summed E-state index contributed by atoms with van der Waals surface area (Å²) in [4.78, 5) is 8.41. The van der Waals surface area contributed by atoms with Crippen molar-refractivity contribution < 1.29 is 8.95 Å². The summed E-state index contributed by atoms with van der Waals surface area (Å²) in [6, 6.07) is 0.302. The van der Waals surface area contributed by atoms with Crippen molar-refractivity contribution in [1.29, 1.82) is 0 Å². The summed E-state index contributed by atoms with van der Waals surface area (Å²) in [6.07, 6.45) is 3.32. The second-order valence-corrected chi connectivity index (χ2v) is 6.10. The number of anilines is 2. The van der Waals surface area contributed by atoms with Gasteiger partial charge in [-0.3, -0.25) is 4.21 Å². The van der Waals surface area contributed by atoms with Crippen LogP contribution in [0.1, 0.15) is 19.8 Å². The van der Waals surface area contributed by atoms with Crippen LogP contribution in [0.5, 0.6) is 5.75 Å². The molecule has 0 atom stereocenters. The number of nitrogens with one attached hydrogen (secondary N) is 2. The van der Waals surface area contributed by atoms with E-state index < -0.39 is 10.8 Å². The minimum absolute atomic E-state index is 0.302. The molecule has 7 heteroatoms. The number of hydrogen-bond acceptors (Lipinski definition) is 6. The summed E-state index contributed by atoms with van der Waals surface area (Å²) in [7, 11) is 0.962. The van der Waals surface area contributed by atoms with Crippen LogP contribution >= 0.6 is 0 Å². The molecule has 2 N–H and O–H groups in total. The molecule has 0 unspecified atom stereocenters. The van der Waals surface area contributed by atoms with Gasteiger partial charge in [0.1, 0.15) is 6.33 Å². The SMILES string of the molecule is CCNc1ncnc(NC2CCS(=O)CC2)c1OC. The predicted octanol–water partition coefficient (Wildman–Crippen LogP) is 1.24. The van der Waals surface area contributed by atoms with E-state index in [0.29, 0.717) is 23.4 Å². The summed E-state index contributed by atoms with van der Waals surface area (Å²) in [6.45, 7) is 2.78. The molecule has 0 aromatic carbocycles. The maximum Gasteiger partial charge on any atom is 0.204 e. The Kier molecular flexibility index (Phi) is 4.95. The zero-order valence-corrected chi connectivity index (χ0v) is 12.1. The molecule has 1 aliphatic heterocycles. The van der Waals surface area contributed by atoms with Crippen LogP contribution in [-0.4, -0.2) is 45.4 Å². The summed E-state index contributed by atoms with van der Waals surface area (Å²) in [5.41, 5.74) is 0. The van der Waals surface area contributed by atoms with E-state index in [-0.39, 0.29) is 0 Å². The highest BCUT2D eigenvalue weighted by molar-refractivity contribution is 7.85. The Morgan fingerprint density at radius 3 is 2.68 bits per heavy atom. The zero-order valence-electron chi connectivity index (χ0n) is 11.3. The van der Waals surface area contributed by atoms with Gasteiger partial charge in [0.25, 0.3) is 0 Å². The molecule has 0 amide bonds. The Balaban J connectivity index is 2.10. The van der Waals surface area contributed by atoms with Crippen LogP contribution in [0.4, 0.5) is 11.6 Å². The normalized spacial score (nSPS) is 22.8. The Morgan fingerprint density at radius 2 is 2.05 bits per heavy atom. The number of aromatic nitrogens is 2. The molecular formula is C12H20N4O2S. The van der Waals surface area contributed by atoms with Gasteiger partial charge in [-0.2, -0.15) is 0 Å². The molecule has 19 heavy (non-hydrogen) atoms. The fourth-order valence-corrected chi connectivity index (χ4v) is 3.39. The van der Waals surface area contributed by atoms with Gasteiger partial charge in [0, 0.05) is 34.9 Å². The van der Waals surface area contributed by atoms with Crippen LogP contribution in [-0.2, 0) is 10.8 Å². The molecule has 6 nitrogen and oxygen atoms in total. The van der Waals surface area contributed by atoms with E-state index in [2.05, 4.69) is 20.6 Å². The van der Waals surface area contributed by atoms with Crippen molar-refractivity contribution in [3.8, 4) is 5.75 Å². The van der Waals surface area contributed by atoms with Crippen molar-refractivity contribution in [2.24, 2.45) is 0 Å². The lowest BCUT2D eigenvalue weighted by molar-refractivity contribution is 0.413. The molecule has 0 spiro atoms. The molecule has 0 saturated carbocycles. The van der Waals surface area contributed by atoms with Crippen molar-refractivity contribution in [2.75, 3.05) is 35.8 Å². The van der Waals surface area contributed by atoms with Gasteiger partial charge in [0.2, 0.25) is 5.75 Å². The van der Waals surface area contributed by atoms with Crippen molar-refractivity contribution in [1.82, 2.24) is 9.97 Å². The third-order valence-electron chi connectivity index (χ3n) is 3.08. The zero-order chi connectivity index (χ0) is 13.7. The lowest BCUT2D eigenvalue weighted by Gasteiger charge is -2.24. The fourth-order valence-electron chi connectivity index (χ4n) is 2.09. The molecule has 1 saturated heterocycles. The molecular weight excluding hydrogens is 264 g/mol. The predicted molar refractivity (Wildman–Crippen MR) is 77.3 cm³/mol. The lowest BCUT2D eigenvalue weighted by atomic mass is 10.1. The first kappa shape index (κ1) is 14.0. The van der Waals surface area contributed by atoms with Crippen LogP contribution < -0.4 is 15.4 Å². The largest absolute Gasteiger partial charge is 0.490 e. The smallest absolute Gasteiger partial charge is 0.204 e. The minimum atomic E-state index is -0.650. The van der Waals surface area contributed by atoms with E-state index in [1.165, 1.54) is 6.33 Å². The average Bonchev–Trinajstić information content (AvgIpc) is 2.42. The quantitative estimate of drug-likeness (QED) is 0.847. The second kappa shape index (κ2) is 6.70. The molecule has 2 rings (SSSR count). The Bertz CT molecular complexity index is 445. The number of rotatable bonds is 5. The Hall–Kier alpha value is -1.37. The first-order valence-corrected chi connectivity index (χ1v) is 7.97. The third kappa shape index (κ3) is 3.56. The molecule has 0 aliphatic carbocycles. The van der Waals surface area contributed by atoms with E-state index in [1.54, 1.807) is 7.11 Å². The molecule has 1 aliphatic rings. The van der Waals surface area contributed by atoms with E-state index in [9.17, 15) is 4.21 Å². The van der Waals surface area contributed by atoms with Crippen molar-refractivity contribution >= 4 is 22.4 Å². The molecule has 2 heterocycles. The fraction of sp³-hybridized carbons (Fsp3) is 0.667. The summed E-state index contributed by atoms with van der Waals surface area (Å²) in [5, 5.41) is 6.52. The first-order valence-electron chi connectivity index (χ1n) is 6.49. The van der Waals surface area contributed by atoms with Gasteiger partial charge in [-0.05, 0) is 19.8 Å². The van der Waals surface area contributed by atoms with Crippen molar-refractivity contribution in [2.45, 2.75) is 25.8 Å². The van der Waals surface area contributed by atoms with E-state index in [0.717, 1.165) is 30.9 Å². The maximum atomic E-state index is 11.3. The second-order valence-electron chi connectivity index (χ2n) is 4.40. The third-order valence-corrected chi connectivity index (χ3v) is 4.46. The summed E-state index contributed by atoms with van der Waals surface area (Å²) in [5.74, 6) is 3.54. The van der Waals surface area contributed by atoms with Gasteiger partial charge >= 0.3 is 0 Å². The van der Waals surface area contributed by atoms with E-state index in [4.69, 9.17) is 4.74 Å². The first-order chi connectivity index (χ1) is 9.24. The topological polar surface area (TPSA) is 76.1 Å². The highest BCUT2D eigenvalue weighted by Gasteiger charge is 2.20. The lowest BCUT2D eigenvalue weighted by Crippen LogP contribution is -2.30. The molecule has 0 radical (unpaired) electrons. The van der Waals surface area contributed by atoms with Gasteiger partial charge in [-0.25, -0.2) is 9.97 Å². The molecule has 1 aromatic heterocycles. The maximum absolute atomic E-state index is 11.3. The van der Waals surface area contributed by atoms with Crippen LogP contribution in [0.2, 0.25) is 0 Å². The van der Waals surface area contributed by atoms with Gasteiger partial charge in [-0.15, -0.1) is 0 Å². The number of nitrogens with zero attached hydrogens (tertiary/aromatic N) is 2. The van der Waals surface area contributed by atoms with Gasteiger partial charge < -0.3 is 15.4 Å². The summed E-state index contributed by atoms with van der Waals surface area (Å²) < 4.78 is 16.7. The van der Waals surface area contributed by atoms with Crippen LogP contribution in [0, 0.1) is 0 Å². The van der Waals surface area contributed by atoms with Crippen LogP contribution in [0.3, 0.4) is 0 Å². The molecule has 1 aromatic rings. The number of ether oxygens (including phenoxy) is 1. The Labute approximate surface area is 115 Å². The van der Waals surface area contributed by atoms with Gasteiger partial charge in [0.15, 0.2) is 11.6 Å². The van der Waals surface area contributed by atoms with Crippen molar-refractivity contribution in [3.63, 3.8) is 0 Å². The standard InChI is InChI=1S/C12H20N4O2S/c1-3-13-11-10(18-2)12(15-8-14-11)16-9-4-6-19(17)7-5-9/h8-9H,3-7H2,1-2H3,(H2,13,14,15,16). The molecule has 0 bridgehead atoms. The Morgan fingerprint density at radius 1 is 1.37 bits per heavy atom. The highest BCUT2D eigenvalue weighted by Crippen LogP contribution is 2.30. The van der Waals surface area contributed by atoms with E-state index >= 15 is 0 Å². The van der Waals surface area contributed by atoms with E-state index in [1.807, 2.05) is 6.92 Å². The minimum Gasteiger partial charge on any atom is -0.490 e. The molecule has 106 valence electrons. The van der Waals surface area contributed by atoms with Crippen LogP contribution in [0.15, 0.2) is 6.33 Å². The number of methoxy groups -OCH3 is 1. The monoisotopic (exact) mass is 284 g/mol. The van der Waals surface area contributed by atoms with Gasteiger partial charge in [0.05, 0.1) is 7.11 Å².